The predicted molar refractivity (Wildman–Crippen MR) is 115 cm³/mol. The number of hydrogen-bond donors (Lipinski definition) is 1. The van der Waals surface area contributed by atoms with Gasteiger partial charge in [0, 0.05) is 23.4 Å². The molecule has 32 heavy (non-hydrogen) atoms. The second-order valence-corrected chi connectivity index (χ2v) is 7.36. The van der Waals surface area contributed by atoms with E-state index in [2.05, 4.69) is 0 Å². The highest BCUT2D eigenvalue weighted by Gasteiger charge is 2.47. The summed E-state index contributed by atoms with van der Waals surface area (Å²) < 4.78 is 13.5. The molecule has 1 aliphatic heterocycles. The number of aryl methyl sites for hydroxylation is 1. The van der Waals surface area contributed by atoms with Crippen molar-refractivity contribution in [1.82, 2.24) is 0 Å². The Morgan fingerprint density at radius 1 is 1.03 bits per heavy atom. The molecule has 1 N–H and O–H groups in total. The van der Waals surface area contributed by atoms with Crippen LogP contribution in [0.15, 0.2) is 78.4 Å². The summed E-state index contributed by atoms with van der Waals surface area (Å²) in [5, 5.41) is 21.9. The third-order valence-electron chi connectivity index (χ3n) is 5.26. The zero-order chi connectivity index (χ0) is 23.0. The van der Waals surface area contributed by atoms with Gasteiger partial charge in [0.15, 0.2) is 0 Å². The van der Waals surface area contributed by atoms with E-state index in [4.69, 9.17) is 0 Å². The van der Waals surface area contributed by atoms with Gasteiger partial charge in [0.2, 0.25) is 0 Å². The van der Waals surface area contributed by atoms with E-state index in [9.17, 15) is 29.2 Å². The van der Waals surface area contributed by atoms with Gasteiger partial charge < -0.3 is 5.11 Å². The van der Waals surface area contributed by atoms with Crippen molar-refractivity contribution >= 4 is 28.8 Å². The van der Waals surface area contributed by atoms with Crippen LogP contribution in [0.3, 0.4) is 0 Å². The number of carbonyl (C=O) groups excluding carboxylic acids is 2. The summed E-state index contributed by atoms with van der Waals surface area (Å²) in [5.41, 5.74) is 1.58. The van der Waals surface area contributed by atoms with Crippen molar-refractivity contribution in [3.05, 3.63) is 111 Å². The minimum Gasteiger partial charge on any atom is -0.507 e. The maximum atomic E-state index is 13.5. The van der Waals surface area contributed by atoms with E-state index in [-0.39, 0.29) is 16.8 Å². The summed E-state index contributed by atoms with van der Waals surface area (Å²) in [4.78, 5) is 37.6. The molecule has 160 valence electrons. The molecule has 1 heterocycles. The van der Waals surface area contributed by atoms with Crippen molar-refractivity contribution in [2.45, 2.75) is 13.0 Å². The molecule has 0 bridgehead atoms. The standard InChI is InChI=1S/C24H17FN2O5/c1-14-3-2-4-16(13-14)21-20(22(28)15-5-9-19(10-6-15)27(31)32)23(29)24(30)26(21)18-11-7-17(25)8-12-18/h2-13,21,28H,1H3/b22-20-. The molecule has 4 rings (SSSR count). The Balaban J connectivity index is 1.92. The number of benzene rings is 3. The van der Waals surface area contributed by atoms with Gasteiger partial charge in [-0.3, -0.25) is 24.6 Å². The van der Waals surface area contributed by atoms with E-state index in [0.717, 1.165) is 5.56 Å². The molecule has 1 amide bonds. The molecular formula is C24H17FN2O5. The normalized spacial score (nSPS) is 17.6. The Labute approximate surface area is 182 Å². The molecule has 3 aromatic carbocycles. The number of halogens is 1. The minimum absolute atomic E-state index is 0.154. The first-order valence-corrected chi connectivity index (χ1v) is 9.66. The van der Waals surface area contributed by atoms with Gasteiger partial charge in [0.25, 0.3) is 17.4 Å². The number of aliphatic hydroxyl groups excluding tert-OH is 1. The fourth-order valence-electron chi connectivity index (χ4n) is 3.75. The number of ketones is 1. The largest absolute Gasteiger partial charge is 0.507 e. The van der Waals surface area contributed by atoms with Gasteiger partial charge in [-0.1, -0.05) is 29.8 Å². The van der Waals surface area contributed by atoms with Crippen molar-refractivity contribution in [2.75, 3.05) is 4.90 Å². The van der Waals surface area contributed by atoms with Crippen LogP contribution in [0, 0.1) is 22.9 Å². The van der Waals surface area contributed by atoms with Crippen molar-refractivity contribution < 1.29 is 24.0 Å². The maximum Gasteiger partial charge on any atom is 0.300 e. The monoisotopic (exact) mass is 432 g/mol. The molecule has 8 heteroatoms. The van der Waals surface area contributed by atoms with E-state index in [0.29, 0.717) is 11.3 Å². The van der Waals surface area contributed by atoms with Gasteiger partial charge in [-0.15, -0.1) is 0 Å². The summed E-state index contributed by atoms with van der Waals surface area (Å²) in [6.07, 6.45) is 0. The number of nitro groups is 1. The lowest BCUT2D eigenvalue weighted by Crippen LogP contribution is -2.29. The number of nitro benzene ring substituents is 1. The minimum atomic E-state index is -0.962. The second-order valence-electron chi connectivity index (χ2n) is 7.36. The fourth-order valence-corrected chi connectivity index (χ4v) is 3.75. The van der Waals surface area contributed by atoms with Crippen LogP contribution in [0.1, 0.15) is 22.7 Å². The number of hydrogen-bond acceptors (Lipinski definition) is 5. The average Bonchev–Trinajstić information content (AvgIpc) is 3.04. The molecule has 0 aliphatic carbocycles. The van der Waals surface area contributed by atoms with Crippen LogP contribution in [-0.2, 0) is 9.59 Å². The highest BCUT2D eigenvalue weighted by Crippen LogP contribution is 2.42. The van der Waals surface area contributed by atoms with Crippen molar-refractivity contribution in [3.63, 3.8) is 0 Å². The molecule has 0 saturated carbocycles. The molecular weight excluding hydrogens is 415 g/mol. The van der Waals surface area contributed by atoms with E-state index in [1.807, 2.05) is 13.0 Å². The van der Waals surface area contributed by atoms with Crippen LogP contribution in [-0.4, -0.2) is 21.7 Å². The Kier molecular flexibility index (Phi) is 5.28. The van der Waals surface area contributed by atoms with Crippen LogP contribution < -0.4 is 4.90 Å². The van der Waals surface area contributed by atoms with Crippen LogP contribution >= 0.6 is 0 Å². The number of aliphatic hydroxyl groups is 1. The zero-order valence-electron chi connectivity index (χ0n) is 16.9. The molecule has 1 unspecified atom stereocenters. The van der Waals surface area contributed by atoms with Crippen molar-refractivity contribution in [2.24, 2.45) is 0 Å². The van der Waals surface area contributed by atoms with Crippen LogP contribution in [0.25, 0.3) is 5.76 Å². The lowest BCUT2D eigenvalue weighted by Gasteiger charge is -2.25. The molecule has 3 aromatic rings. The highest BCUT2D eigenvalue weighted by atomic mass is 19.1. The first kappa shape index (κ1) is 20.9. The lowest BCUT2D eigenvalue weighted by molar-refractivity contribution is -0.384. The second kappa shape index (κ2) is 8.07. The number of Topliss-reactive ketones (excluding diaryl/α,β-unsaturated/α-hetero) is 1. The van der Waals surface area contributed by atoms with Gasteiger partial charge >= 0.3 is 0 Å². The Hall–Kier alpha value is -4.33. The van der Waals surface area contributed by atoms with E-state index >= 15 is 0 Å². The zero-order valence-corrected chi connectivity index (χ0v) is 16.9. The number of amides is 1. The van der Waals surface area contributed by atoms with E-state index in [1.165, 1.54) is 53.4 Å². The van der Waals surface area contributed by atoms with Gasteiger partial charge in [-0.25, -0.2) is 4.39 Å². The van der Waals surface area contributed by atoms with Gasteiger partial charge in [0.1, 0.15) is 11.6 Å². The smallest absolute Gasteiger partial charge is 0.300 e. The number of rotatable bonds is 4. The molecule has 0 radical (unpaired) electrons. The number of nitrogens with zero attached hydrogens (tertiary/aromatic N) is 2. The van der Waals surface area contributed by atoms with Gasteiger partial charge in [0.05, 0.1) is 16.5 Å². The SMILES string of the molecule is Cc1cccc(C2/C(=C(/O)c3ccc([N+](=O)[O-])cc3)C(=O)C(=O)N2c2ccc(F)cc2)c1. The maximum absolute atomic E-state index is 13.5. The topological polar surface area (TPSA) is 101 Å². The van der Waals surface area contributed by atoms with E-state index < -0.39 is 34.2 Å². The Morgan fingerprint density at radius 2 is 1.69 bits per heavy atom. The van der Waals surface area contributed by atoms with Crippen LogP contribution in [0.2, 0.25) is 0 Å². The summed E-state index contributed by atoms with van der Waals surface area (Å²) in [5.74, 6) is -2.72. The summed E-state index contributed by atoms with van der Waals surface area (Å²) in [7, 11) is 0. The molecule has 7 nitrogen and oxygen atoms in total. The Bertz CT molecular complexity index is 1270. The number of non-ortho nitro benzene ring substituents is 1. The summed E-state index contributed by atoms with van der Waals surface area (Å²) in [6, 6.07) is 16.3. The van der Waals surface area contributed by atoms with Crippen LogP contribution in [0.5, 0.6) is 0 Å². The first-order valence-electron chi connectivity index (χ1n) is 9.66. The summed E-state index contributed by atoms with van der Waals surface area (Å²) >= 11 is 0. The van der Waals surface area contributed by atoms with Crippen molar-refractivity contribution in [3.8, 4) is 0 Å². The Morgan fingerprint density at radius 3 is 2.28 bits per heavy atom. The highest BCUT2D eigenvalue weighted by molar-refractivity contribution is 6.51. The third-order valence-corrected chi connectivity index (χ3v) is 5.26. The van der Waals surface area contributed by atoms with Gasteiger partial charge in [-0.2, -0.15) is 0 Å². The number of anilines is 1. The van der Waals surface area contributed by atoms with Crippen molar-refractivity contribution in [1.29, 1.82) is 0 Å². The lowest BCUT2D eigenvalue weighted by atomic mass is 9.94. The predicted octanol–water partition coefficient (Wildman–Crippen LogP) is 4.67. The van der Waals surface area contributed by atoms with Gasteiger partial charge in [-0.05, 0) is 48.9 Å². The third kappa shape index (κ3) is 3.62. The summed E-state index contributed by atoms with van der Waals surface area (Å²) in [6.45, 7) is 1.85. The van der Waals surface area contributed by atoms with E-state index in [1.54, 1.807) is 18.2 Å². The molecule has 1 saturated heterocycles. The quantitative estimate of drug-likeness (QED) is 0.212. The first-order chi connectivity index (χ1) is 15.3. The molecule has 0 aromatic heterocycles. The average molecular weight is 432 g/mol. The molecule has 1 aliphatic rings. The molecule has 0 spiro atoms. The van der Waals surface area contributed by atoms with Crippen LogP contribution in [0.4, 0.5) is 15.8 Å². The number of carbonyl (C=O) groups is 2. The fraction of sp³-hybridized carbons (Fsp3) is 0.0833. The molecule has 1 atom stereocenters. The molecule has 1 fully saturated rings.